The third-order valence-electron chi connectivity index (χ3n) is 5.07. The summed E-state index contributed by atoms with van der Waals surface area (Å²) in [7, 11) is 0. The van der Waals surface area contributed by atoms with Gasteiger partial charge in [0.1, 0.15) is 35.9 Å². The van der Waals surface area contributed by atoms with Crippen LogP contribution in [0.2, 0.25) is 0 Å². The first-order chi connectivity index (χ1) is 14.6. The van der Waals surface area contributed by atoms with E-state index in [0.717, 1.165) is 0 Å². The number of phenols is 2. The number of carbonyl (C=O) groups excluding carboxylic acids is 2. The molecule has 6 N–H and O–H groups in total. The predicted octanol–water partition coefficient (Wildman–Crippen LogP) is 2.07. The number of hydrogen-bond donors (Lipinski definition) is 4. The van der Waals surface area contributed by atoms with Gasteiger partial charge in [0.15, 0.2) is 0 Å². The molecule has 2 aromatic carbocycles. The molecule has 0 aliphatic carbocycles. The molecular weight excluding hydrogens is 410 g/mol. The number of nitrogens with two attached hydrogens (primary N) is 2. The molecule has 0 radical (unpaired) electrons. The van der Waals surface area contributed by atoms with Crippen molar-refractivity contribution in [2.75, 3.05) is 13.3 Å². The number of esters is 2. The number of rotatable bonds is 10. The van der Waals surface area contributed by atoms with Crippen LogP contribution in [0.15, 0.2) is 48.5 Å². The van der Waals surface area contributed by atoms with Crippen LogP contribution in [0.4, 0.5) is 8.78 Å². The highest BCUT2D eigenvalue weighted by atomic mass is 19.1. The molecule has 0 heterocycles. The van der Waals surface area contributed by atoms with Gasteiger partial charge in [0.2, 0.25) is 0 Å². The molecule has 168 valence electrons. The Hall–Kier alpha value is -3.04. The third kappa shape index (κ3) is 6.47. The SMILES string of the molecule is NC(CF)(CCc1ccc(O)cc1)C(=O)OC(=O)C(N)(CF)CCc1ccc(O)cc1. The maximum absolute atomic E-state index is 13.6. The Balaban J connectivity index is 2.00. The Morgan fingerprint density at radius 1 is 0.742 bits per heavy atom. The topological polar surface area (TPSA) is 136 Å². The van der Waals surface area contributed by atoms with Crippen molar-refractivity contribution in [1.29, 1.82) is 0 Å². The molecule has 0 fully saturated rings. The normalized spacial score (nSPS) is 15.0. The number of ether oxygens (including phenoxy) is 1. The number of aryl methyl sites for hydroxylation is 2. The van der Waals surface area contributed by atoms with Gasteiger partial charge in [-0.1, -0.05) is 24.3 Å². The Morgan fingerprint density at radius 2 is 1.06 bits per heavy atom. The number of carbonyl (C=O) groups is 2. The third-order valence-corrected chi connectivity index (χ3v) is 5.07. The Bertz CT molecular complexity index is 818. The quantitative estimate of drug-likeness (QED) is 0.331. The Kier molecular flexibility index (Phi) is 8.07. The zero-order valence-corrected chi connectivity index (χ0v) is 16.9. The van der Waals surface area contributed by atoms with Gasteiger partial charge in [-0.25, -0.2) is 18.4 Å². The molecule has 0 saturated heterocycles. The van der Waals surface area contributed by atoms with Crippen LogP contribution in [-0.4, -0.2) is 46.6 Å². The molecular formula is C22H26F2N2O5. The van der Waals surface area contributed by atoms with Gasteiger partial charge >= 0.3 is 11.9 Å². The Labute approximate surface area is 178 Å². The molecule has 7 nitrogen and oxygen atoms in total. The van der Waals surface area contributed by atoms with E-state index in [1.165, 1.54) is 24.3 Å². The van der Waals surface area contributed by atoms with Crippen molar-refractivity contribution < 1.29 is 33.3 Å². The fraction of sp³-hybridized carbons (Fsp3) is 0.364. The van der Waals surface area contributed by atoms with Crippen LogP contribution < -0.4 is 11.5 Å². The van der Waals surface area contributed by atoms with Crippen LogP contribution in [0.1, 0.15) is 24.0 Å². The number of aromatic hydroxyl groups is 2. The molecule has 0 bridgehead atoms. The second kappa shape index (κ2) is 10.3. The van der Waals surface area contributed by atoms with E-state index in [1.54, 1.807) is 24.3 Å². The first kappa shape index (κ1) is 24.2. The smallest absolute Gasteiger partial charge is 0.336 e. The van der Waals surface area contributed by atoms with Gasteiger partial charge in [0.25, 0.3) is 0 Å². The maximum atomic E-state index is 13.6. The average molecular weight is 436 g/mol. The van der Waals surface area contributed by atoms with E-state index in [-0.39, 0.29) is 37.2 Å². The lowest BCUT2D eigenvalue weighted by Crippen LogP contribution is -2.57. The van der Waals surface area contributed by atoms with Crippen LogP contribution >= 0.6 is 0 Å². The highest BCUT2D eigenvalue weighted by Crippen LogP contribution is 2.21. The van der Waals surface area contributed by atoms with Gasteiger partial charge < -0.3 is 26.4 Å². The number of alkyl halides is 2. The highest BCUT2D eigenvalue weighted by Gasteiger charge is 2.42. The van der Waals surface area contributed by atoms with Crippen molar-refractivity contribution in [3.8, 4) is 11.5 Å². The van der Waals surface area contributed by atoms with Crippen LogP contribution in [0.5, 0.6) is 11.5 Å². The molecule has 9 heteroatoms. The van der Waals surface area contributed by atoms with E-state index >= 15 is 0 Å². The second-order valence-corrected chi connectivity index (χ2v) is 7.59. The Morgan fingerprint density at radius 3 is 1.35 bits per heavy atom. The average Bonchev–Trinajstić information content (AvgIpc) is 2.77. The highest BCUT2D eigenvalue weighted by molar-refractivity contribution is 5.95. The molecule has 2 aromatic rings. The zero-order valence-electron chi connectivity index (χ0n) is 16.9. The molecule has 0 amide bonds. The zero-order chi connectivity index (χ0) is 23.1. The summed E-state index contributed by atoms with van der Waals surface area (Å²) in [6.45, 7) is -2.59. The van der Waals surface area contributed by atoms with Crippen molar-refractivity contribution in [1.82, 2.24) is 0 Å². The molecule has 0 saturated carbocycles. The van der Waals surface area contributed by atoms with Gasteiger partial charge in [0, 0.05) is 0 Å². The first-order valence-corrected chi connectivity index (χ1v) is 9.64. The molecule has 0 aliphatic heterocycles. The lowest BCUT2D eigenvalue weighted by atomic mass is 9.92. The molecule has 2 rings (SSSR count). The van der Waals surface area contributed by atoms with Crippen molar-refractivity contribution in [2.24, 2.45) is 11.5 Å². The first-order valence-electron chi connectivity index (χ1n) is 9.64. The molecule has 0 spiro atoms. The number of phenolic OH excluding ortho intramolecular Hbond substituents is 2. The summed E-state index contributed by atoms with van der Waals surface area (Å²) in [5, 5.41) is 18.6. The van der Waals surface area contributed by atoms with Gasteiger partial charge in [-0.05, 0) is 61.1 Å². The van der Waals surface area contributed by atoms with E-state index in [0.29, 0.717) is 11.1 Å². The van der Waals surface area contributed by atoms with Gasteiger partial charge in [-0.3, -0.25) is 0 Å². The van der Waals surface area contributed by atoms with Crippen molar-refractivity contribution >= 4 is 11.9 Å². The standard InChI is InChI=1S/C22H26F2N2O5/c23-13-21(25,11-9-15-1-5-17(27)6-2-15)19(29)31-20(30)22(26,14-24)12-10-16-3-7-18(28)8-4-16/h1-8,27-28H,9-14,25-26H2. The van der Waals surface area contributed by atoms with E-state index in [9.17, 15) is 28.6 Å². The summed E-state index contributed by atoms with van der Waals surface area (Å²) in [4.78, 5) is 24.8. The van der Waals surface area contributed by atoms with E-state index in [1.807, 2.05) is 0 Å². The lowest BCUT2D eigenvalue weighted by molar-refractivity contribution is -0.168. The fourth-order valence-corrected chi connectivity index (χ4v) is 2.79. The minimum absolute atomic E-state index is 0.0519. The summed E-state index contributed by atoms with van der Waals surface area (Å²) in [5.41, 5.74) is 8.80. The summed E-state index contributed by atoms with van der Waals surface area (Å²) in [5.74, 6) is -2.55. The maximum Gasteiger partial charge on any atom is 0.336 e. The predicted molar refractivity (Wildman–Crippen MR) is 110 cm³/mol. The van der Waals surface area contributed by atoms with Crippen molar-refractivity contribution in [3.63, 3.8) is 0 Å². The minimum Gasteiger partial charge on any atom is -0.508 e. The fourth-order valence-electron chi connectivity index (χ4n) is 2.79. The molecule has 2 unspecified atom stereocenters. The summed E-state index contributed by atoms with van der Waals surface area (Å²) < 4.78 is 31.9. The van der Waals surface area contributed by atoms with Crippen LogP contribution in [-0.2, 0) is 27.2 Å². The minimum atomic E-state index is -2.11. The van der Waals surface area contributed by atoms with Crippen LogP contribution in [0.3, 0.4) is 0 Å². The summed E-state index contributed by atoms with van der Waals surface area (Å²) in [6.07, 6.45) is 0.00559. The van der Waals surface area contributed by atoms with Crippen molar-refractivity contribution in [2.45, 2.75) is 36.8 Å². The largest absolute Gasteiger partial charge is 0.508 e. The molecule has 0 aromatic heterocycles. The number of hydrogen-bond acceptors (Lipinski definition) is 7. The van der Waals surface area contributed by atoms with Crippen molar-refractivity contribution in [3.05, 3.63) is 59.7 Å². The van der Waals surface area contributed by atoms with Crippen LogP contribution in [0, 0.1) is 0 Å². The monoisotopic (exact) mass is 436 g/mol. The van der Waals surface area contributed by atoms with Gasteiger partial charge in [-0.15, -0.1) is 0 Å². The van der Waals surface area contributed by atoms with Gasteiger partial charge in [0.05, 0.1) is 0 Å². The number of benzene rings is 2. The lowest BCUT2D eigenvalue weighted by Gasteiger charge is -2.27. The number of halogens is 2. The van der Waals surface area contributed by atoms with Crippen LogP contribution in [0.25, 0.3) is 0 Å². The molecule has 0 aliphatic rings. The molecule has 31 heavy (non-hydrogen) atoms. The summed E-state index contributed by atoms with van der Waals surface area (Å²) in [6, 6.07) is 12.1. The molecule has 2 atom stereocenters. The van der Waals surface area contributed by atoms with E-state index in [2.05, 4.69) is 4.74 Å². The van der Waals surface area contributed by atoms with E-state index < -0.39 is 36.4 Å². The van der Waals surface area contributed by atoms with Gasteiger partial charge in [-0.2, -0.15) is 0 Å². The van der Waals surface area contributed by atoms with E-state index in [4.69, 9.17) is 11.5 Å². The second-order valence-electron chi connectivity index (χ2n) is 7.59. The summed E-state index contributed by atoms with van der Waals surface area (Å²) >= 11 is 0.